The Morgan fingerprint density at radius 1 is 1.35 bits per heavy atom. The topological polar surface area (TPSA) is 49.4 Å². The molecule has 5 heteroatoms. The van der Waals surface area contributed by atoms with E-state index in [1.165, 1.54) is 0 Å². The molecular formula is C18H25ClN2O2. The normalized spacial score (nSPS) is 19.3. The predicted octanol–water partition coefficient (Wildman–Crippen LogP) is 3.50. The first-order valence-electron chi connectivity index (χ1n) is 8.36. The number of nitrogens with one attached hydrogen (secondary N) is 1. The molecule has 1 N–H and O–H groups in total. The number of rotatable bonds is 5. The molecule has 1 aromatic carbocycles. The second-order valence-corrected chi connectivity index (χ2v) is 6.73. The summed E-state index contributed by atoms with van der Waals surface area (Å²) in [5.74, 6) is -0.0698. The molecule has 1 heterocycles. The van der Waals surface area contributed by atoms with Crippen LogP contribution in [0.4, 0.5) is 0 Å². The van der Waals surface area contributed by atoms with Gasteiger partial charge in [0.15, 0.2) is 0 Å². The van der Waals surface area contributed by atoms with Gasteiger partial charge in [0.25, 0.3) is 5.91 Å². The zero-order valence-electron chi connectivity index (χ0n) is 13.8. The molecule has 2 amide bonds. The Labute approximate surface area is 143 Å². The molecule has 2 atom stereocenters. The van der Waals surface area contributed by atoms with Crippen LogP contribution in [0.5, 0.6) is 0 Å². The van der Waals surface area contributed by atoms with Gasteiger partial charge in [-0.25, -0.2) is 0 Å². The molecule has 1 aromatic rings. The number of carbonyl (C=O) groups excluding carboxylic acids is 2. The molecule has 0 bridgehead atoms. The predicted molar refractivity (Wildman–Crippen MR) is 92.6 cm³/mol. The number of carbonyl (C=O) groups is 2. The van der Waals surface area contributed by atoms with Crippen LogP contribution in [0.15, 0.2) is 24.3 Å². The maximum atomic E-state index is 12.6. The molecule has 1 aliphatic heterocycles. The minimum atomic E-state index is -0.112. The Morgan fingerprint density at radius 2 is 2.04 bits per heavy atom. The molecule has 1 saturated heterocycles. The molecule has 23 heavy (non-hydrogen) atoms. The highest BCUT2D eigenvalue weighted by molar-refractivity contribution is 6.30. The second-order valence-electron chi connectivity index (χ2n) is 6.30. The van der Waals surface area contributed by atoms with E-state index in [1.807, 2.05) is 6.92 Å². The Bertz CT molecular complexity index is 544. The van der Waals surface area contributed by atoms with E-state index in [1.54, 1.807) is 29.2 Å². The van der Waals surface area contributed by atoms with Gasteiger partial charge < -0.3 is 10.2 Å². The molecule has 0 aliphatic carbocycles. The smallest absolute Gasteiger partial charge is 0.253 e. The summed E-state index contributed by atoms with van der Waals surface area (Å²) in [6.07, 6.45) is 3.73. The van der Waals surface area contributed by atoms with E-state index < -0.39 is 0 Å². The van der Waals surface area contributed by atoms with Crippen molar-refractivity contribution in [3.05, 3.63) is 34.9 Å². The summed E-state index contributed by atoms with van der Waals surface area (Å²) in [5.41, 5.74) is 0.620. The van der Waals surface area contributed by atoms with Crippen LogP contribution in [-0.4, -0.2) is 35.8 Å². The minimum Gasteiger partial charge on any atom is -0.353 e. The number of halogens is 1. The zero-order chi connectivity index (χ0) is 16.8. The van der Waals surface area contributed by atoms with Crippen molar-refractivity contribution in [1.29, 1.82) is 0 Å². The van der Waals surface area contributed by atoms with Crippen molar-refractivity contribution in [3.63, 3.8) is 0 Å². The lowest BCUT2D eigenvalue weighted by molar-refractivity contribution is -0.127. The first kappa shape index (κ1) is 17.8. The zero-order valence-corrected chi connectivity index (χ0v) is 14.6. The van der Waals surface area contributed by atoms with Crippen LogP contribution >= 0.6 is 11.6 Å². The Hall–Kier alpha value is -1.55. The van der Waals surface area contributed by atoms with Crippen LogP contribution < -0.4 is 5.32 Å². The fourth-order valence-electron chi connectivity index (χ4n) is 3.02. The molecule has 0 saturated carbocycles. The van der Waals surface area contributed by atoms with Crippen LogP contribution in [0, 0.1) is 5.92 Å². The third kappa shape index (κ3) is 4.96. The van der Waals surface area contributed by atoms with Crippen LogP contribution in [-0.2, 0) is 4.79 Å². The highest BCUT2D eigenvalue weighted by Gasteiger charge is 2.29. The third-order valence-electron chi connectivity index (χ3n) is 4.28. The average molecular weight is 337 g/mol. The van der Waals surface area contributed by atoms with Gasteiger partial charge in [0.05, 0.1) is 5.92 Å². The van der Waals surface area contributed by atoms with Gasteiger partial charge in [-0.2, -0.15) is 0 Å². The molecule has 0 radical (unpaired) electrons. The maximum absolute atomic E-state index is 12.6. The second kappa shape index (κ2) is 8.34. The van der Waals surface area contributed by atoms with Crippen molar-refractivity contribution < 1.29 is 9.59 Å². The van der Waals surface area contributed by atoms with Crippen LogP contribution in [0.3, 0.4) is 0 Å². The Kier molecular flexibility index (Phi) is 6.46. The van der Waals surface area contributed by atoms with Gasteiger partial charge in [-0.3, -0.25) is 9.59 Å². The van der Waals surface area contributed by atoms with E-state index in [0.29, 0.717) is 23.7 Å². The van der Waals surface area contributed by atoms with E-state index in [4.69, 9.17) is 11.6 Å². The summed E-state index contributed by atoms with van der Waals surface area (Å²) in [7, 11) is 0. The third-order valence-corrected chi connectivity index (χ3v) is 4.53. The fourth-order valence-corrected chi connectivity index (χ4v) is 3.14. The van der Waals surface area contributed by atoms with E-state index in [9.17, 15) is 9.59 Å². The van der Waals surface area contributed by atoms with E-state index in [0.717, 1.165) is 25.7 Å². The van der Waals surface area contributed by atoms with Crippen LogP contribution in [0.1, 0.15) is 49.9 Å². The molecule has 0 spiro atoms. The highest BCUT2D eigenvalue weighted by Crippen LogP contribution is 2.20. The maximum Gasteiger partial charge on any atom is 0.253 e. The molecular weight excluding hydrogens is 312 g/mol. The van der Waals surface area contributed by atoms with E-state index in [-0.39, 0.29) is 23.8 Å². The summed E-state index contributed by atoms with van der Waals surface area (Å²) in [6.45, 7) is 5.33. The molecule has 4 nitrogen and oxygen atoms in total. The van der Waals surface area contributed by atoms with Crippen molar-refractivity contribution in [3.8, 4) is 0 Å². The van der Waals surface area contributed by atoms with Gasteiger partial charge in [-0.15, -0.1) is 0 Å². The lowest BCUT2D eigenvalue weighted by atomic mass is 9.96. The molecule has 1 aliphatic rings. The number of piperidine rings is 1. The average Bonchev–Trinajstić information content (AvgIpc) is 2.55. The summed E-state index contributed by atoms with van der Waals surface area (Å²) < 4.78 is 0. The number of amides is 2. The van der Waals surface area contributed by atoms with Crippen molar-refractivity contribution in [1.82, 2.24) is 10.2 Å². The lowest BCUT2D eigenvalue weighted by Crippen LogP contribution is -2.47. The number of benzene rings is 1. The SMILES string of the molecule is CCC[C@@H](C)NC(=O)[C@H]1CCCN(C(=O)c2ccc(Cl)cc2)C1. The van der Waals surface area contributed by atoms with E-state index >= 15 is 0 Å². The summed E-state index contributed by atoms with van der Waals surface area (Å²) in [6, 6.07) is 7.09. The minimum absolute atomic E-state index is 0.0271. The molecule has 0 aromatic heterocycles. The van der Waals surface area contributed by atoms with Crippen molar-refractivity contribution >= 4 is 23.4 Å². The molecule has 1 fully saturated rings. The summed E-state index contributed by atoms with van der Waals surface area (Å²) in [4.78, 5) is 26.7. The van der Waals surface area contributed by atoms with Crippen molar-refractivity contribution in [2.75, 3.05) is 13.1 Å². The van der Waals surface area contributed by atoms with Gasteiger partial charge in [-0.1, -0.05) is 24.9 Å². The lowest BCUT2D eigenvalue weighted by Gasteiger charge is -2.32. The van der Waals surface area contributed by atoms with Gasteiger partial charge in [0.2, 0.25) is 5.91 Å². The van der Waals surface area contributed by atoms with Crippen LogP contribution in [0.2, 0.25) is 5.02 Å². The number of hydrogen-bond acceptors (Lipinski definition) is 2. The first-order valence-corrected chi connectivity index (χ1v) is 8.74. The Balaban J connectivity index is 1.96. The van der Waals surface area contributed by atoms with Gasteiger partial charge in [0.1, 0.15) is 0 Å². The van der Waals surface area contributed by atoms with Crippen molar-refractivity contribution in [2.45, 2.75) is 45.6 Å². The van der Waals surface area contributed by atoms with E-state index in [2.05, 4.69) is 12.2 Å². The van der Waals surface area contributed by atoms with Crippen molar-refractivity contribution in [2.24, 2.45) is 5.92 Å². The van der Waals surface area contributed by atoms with Gasteiger partial charge in [-0.05, 0) is 50.5 Å². The number of hydrogen-bond donors (Lipinski definition) is 1. The van der Waals surface area contributed by atoms with Gasteiger partial charge in [0, 0.05) is 29.7 Å². The summed E-state index contributed by atoms with van der Waals surface area (Å²) in [5, 5.41) is 3.68. The number of nitrogens with zero attached hydrogens (tertiary/aromatic N) is 1. The highest BCUT2D eigenvalue weighted by atomic mass is 35.5. The number of likely N-dealkylation sites (tertiary alicyclic amines) is 1. The van der Waals surface area contributed by atoms with Gasteiger partial charge >= 0.3 is 0 Å². The fraction of sp³-hybridized carbons (Fsp3) is 0.556. The molecule has 2 rings (SSSR count). The first-order chi connectivity index (χ1) is 11.0. The summed E-state index contributed by atoms with van der Waals surface area (Å²) >= 11 is 5.86. The monoisotopic (exact) mass is 336 g/mol. The molecule has 126 valence electrons. The standard InChI is InChI=1S/C18H25ClN2O2/c1-3-5-13(2)20-17(22)15-6-4-11-21(12-15)18(23)14-7-9-16(19)10-8-14/h7-10,13,15H,3-6,11-12H2,1-2H3,(H,20,22)/t13-,15+/m1/s1. The largest absolute Gasteiger partial charge is 0.353 e. The Morgan fingerprint density at radius 3 is 2.70 bits per heavy atom. The van der Waals surface area contributed by atoms with Crippen LogP contribution in [0.25, 0.3) is 0 Å². The quantitative estimate of drug-likeness (QED) is 0.894. The molecule has 0 unspecified atom stereocenters.